The standard InChI is InChI=1S/C10H13N3S3/c1-14-9-8(12)7(6-11)16-10(9)13-2-4-15-5-3-13/h2-5,12H2,1H3. The summed E-state index contributed by atoms with van der Waals surface area (Å²) in [6, 6.07) is 2.18. The van der Waals surface area contributed by atoms with Gasteiger partial charge in [0.25, 0.3) is 0 Å². The summed E-state index contributed by atoms with van der Waals surface area (Å²) < 4.78 is 0. The third kappa shape index (κ3) is 2.12. The molecule has 0 atom stereocenters. The average Bonchev–Trinajstić information content (AvgIpc) is 2.66. The fraction of sp³-hybridized carbons (Fsp3) is 0.500. The SMILES string of the molecule is CSc1c(N2CCSCC2)sc(C#N)c1N. The maximum atomic E-state index is 9.00. The monoisotopic (exact) mass is 271 g/mol. The fourth-order valence-corrected chi connectivity index (χ4v) is 4.60. The zero-order valence-electron chi connectivity index (χ0n) is 9.02. The number of nitrogen functional groups attached to an aromatic ring is 1. The molecule has 16 heavy (non-hydrogen) atoms. The molecule has 1 aromatic rings. The second kappa shape index (κ2) is 5.21. The Morgan fingerprint density at radius 3 is 2.69 bits per heavy atom. The molecule has 6 heteroatoms. The number of nitriles is 1. The van der Waals surface area contributed by atoms with E-state index in [-0.39, 0.29) is 0 Å². The van der Waals surface area contributed by atoms with Crippen molar-refractivity contribution >= 4 is 45.5 Å². The van der Waals surface area contributed by atoms with E-state index in [9.17, 15) is 0 Å². The van der Waals surface area contributed by atoms with Crippen LogP contribution >= 0.6 is 34.9 Å². The molecule has 2 rings (SSSR count). The summed E-state index contributed by atoms with van der Waals surface area (Å²) in [4.78, 5) is 4.08. The Kier molecular flexibility index (Phi) is 3.90. The highest BCUT2D eigenvalue weighted by Crippen LogP contribution is 2.43. The van der Waals surface area contributed by atoms with Gasteiger partial charge in [0.2, 0.25) is 0 Å². The van der Waals surface area contributed by atoms with Crippen molar-refractivity contribution in [3.63, 3.8) is 0 Å². The fourth-order valence-electron chi connectivity index (χ4n) is 1.67. The van der Waals surface area contributed by atoms with Crippen LogP contribution in [-0.4, -0.2) is 30.9 Å². The van der Waals surface area contributed by atoms with Crippen molar-refractivity contribution in [1.29, 1.82) is 5.26 Å². The highest BCUT2D eigenvalue weighted by atomic mass is 32.2. The van der Waals surface area contributed by atoms with Gasteiger partial charge in [0, 0.05) is 24.6 Å². The molecule has 0 aromatic carbocycles. The summed E-state index contributed by atoms with van der Waals surface area (Å²) in [5, 5.41) is 10.2. The molecule has 0 radical (unpaired) electrons. The summed E-state index contributed by atoms with van der Waals surface area (Å²) in [5.41, 5.74) is 6.63. The number of nitrogens with zero attached hydrogens (tertiary/aromatic N) is 2. The van der Waals surface area contributed by atoms with E-state index in [1.54, 1.807) is 11.8 Å². The van der Waals surface area contributed by atoms with Crippen LogP contribution in [0.15, 0.2) is 4.90 Å². The predicted octanol–water partition coefficient (Wildman–Crippen LogP) is 2.48. The maximum Gasteiger partial charge on any atom is 0.131 e. The van der Waals surface area contributed by atoms with Crippen LogP contribution in [0.3, 0.4) is 0 Å². The predicted molar refractivity (Wildman–Crippen MR) is 74.8 cm³/mol. The smallest absolute Gasteiger partial charge is 0.131 e. The van der Waals surface area contributed by atoms with E-state index in [1.165, 1.54) is 16.3 Å². The van der Waals surface area contributed by atoms with Gasteiger partial charge >= 0.3 is 0 Å². The molecule has 1 aliphatic rings. The van der Waals surface area contributed by atoms with Crippen LogP contribution in [0.2, 0.25) is 0 Å². The van der Waals surface area contributed by atoms with E-state index in [4.69, 9.17) is 11.0 Å². The molecule has 0 saturated carbocycles. The summed E-state index contributed by atoms with van der Waals surface area (Å²) in [6.07, 6.45) is 2.02. The van der Waals surface area contributed by atoms with Gasteiger partial charge in [0.15, 0.2) is 0 Å². The first-order valence-electron chi connectivity index (χ1n) is 4.97. The Morgan fingerprint density at radius 2 is 2.12 bits per heavy atom. The van der Waals surface area contributed by atoms with E-state index < -0.39 is 0 Å². The molecule has 0 aliphatic carbocycles. The molecule has 2 N–H and O–H groups in total. The molecule has 0 bridgehead atoms. The van der Waals surface area contributed by atoms with Gasteiger partial charge in [-0.1, -0.05) is 0 Å². The van der Waals surface area contributed by atoms with Crippen molar-refractivity contribution in [2.45, 2.75) is 4.90 Å². The summed E-state index contributed by atoms with van der Waals surface area (Å²) in [7, 11) is 0. The van der Waals surface area contributed by atoms with Gasteiger partial charge in [0.1, 0.15) is 15.9 Å². The molecular formula is C10H13N3S3. The lowest BCUT2D eigenvalue weighted by atomic mass is 10.4. The summed E-state index contributed by atoms with van der Waals surface area (Å²) in [6.45, 7) is 2.12. The molecule has 0 unspecified atom stereocenters. The van der Waals surface area contributed by atoms with Gasteiger partial charge in [-0.3, -0.25) is 0 Å². The molecule has 1 fully saturated rings. The zero-order chi connectivity index (χ0) is 11.5. The van der Waals surface area contributed by atoms with Crippen LogP contribution in [0.4, 0.5) is 10.7 Å². The Morgan fingerprint density at radius 1 is 1.44 bits per heavy atom. The number of hydrogen-bond acceptors (Lipinski definition) is 6. The quantitative estimate of drug-likeness (QED) is 0.838. The molecule has 0 amide bonds. The number of hydrogen-bond donors (Lipinski definition) is 1. The summed E-state index contributed by atoms with van der Waals surface area (Å²) >= 11 is 5.15. The Bertz CT molecular complexity index is 416. The van der Waals surface area contributed by atoms with E-state index in [1.807, 2.05) is 18.0 Å². The second-order valence-corrected chi connectivity index (χ2v) is 6.43. The lowest BCUT2D eigenvalue weighted by Gasteiger charge is -2.27. The summed E-state index contributed by atoms with van der Waals surface area (Å²) in [5.74, 6) is 2.32. The molecule has 0 spiro atoms. The number of thiophene rings is 1. The van der Waals surface area contributed by atoms with E-state index in [0.717, 1.165) is 29.5 Å². The number of thioether (sulfide) groups is 2. The van der Waals surface area contributed by atoms with Crippen LogP contribution in [0.25, 0.3) is 0 Å². The van der Waals surface area contributed by atoms with Crippen molar-refractivity contribution in [2.75, 3.05) is 41.5 Å². The highest BCUT2D eigenvalue weighted by molar-refractivity contribution is 7.99. The molecule has 86 valence electrons. The Balaban J connectivity index is 2.35. The zero-order valence-corrected chi connectivity index (χ0v) is 11.5. The van der Waals surface area contributed by atoms with E-state index >= 15 is 0 Å². The molecule has 3 nitrogen and oxygen atoms in total. The first-order chi connectivity index (χ1) is 7.77. The minimum absolute atomic E-state index is 0.651. The lowest BCUT2D eigenvalue weighted by Crippen LogP contribution is -2.32. The van der Waals surface area contributed by atoms with E-state index in [0.29, 0.717) is 10.6 Å². The minimum Gasteiger partial charge on any atom is -0.396 e. The van der Waals surface area contributed by atoms with Gasteiger partial charge in [-0.05, 0) is 6.26 Å². The number of nitrogens with two attached hydrogens (primary N) is 1. The van der Waals surface area contributed by atoms with Crippen molar-refractivity contribution in [1.82, 2.24) is 0 Å². The highest BCUT2D eigenvalue weighted by Gasteiger charge is 2.21. The second-order valence-electron chi connectivity index (χ2n) is 3.39. The Labute approximate surface area is 108 Å². The molecular weight excluding hydrogens is 258 g/mol. The van der Waals surface area contributed by atoms with Crippen LogP contribution in [0.5, 0.6) is 0 Å². The molecule has 1 saturated heterocycles. The average molecular weight is 271 g/mol. The van der Waals surface area contributed by atoms with Crippen LogP contribution in [0.1, 0.15) is 4.88 Å². The van der Waals surface area contributed by atoms with Gasteiger partial charge in [-0.2, -0.15) is 17.0 Å². The van der Waals surface area contributed by atoms with Crippen molar-refractivity contribution in [2.24, 2.45) is 0 Å². The normalized spacial score (nSPS) is 16.1. The van der Waals surface area contributed by atoms with Gasteiger partial charge < -0.3 is 10.6 Å². The third-order valence-electron chi connectivity index (χ3n) is 2.49. The minimum atomic E-state index is 0.651. The van der Waals surface area contributed by atoms with Crippen LogP contribution < -0.4 is 10.6 Å². The molecule has 1 aliphatic heterocycles. The lowest BCUT2D eigenvalue weighted by molar-refractivity contribution is 0.860. The maximum absolute atomic E-state index is 9.00. The van der Waals surface area contributed by atoms with Crippen molar-refractivity contribution in [3.8, 4) is 6.07 Å². The van der Waals surface area contributed by atoms with Crippen LogP contribution in [-0.2, 0) is 0 Å². The van der Waals surface area contributed by atoms with Gasteiger partial charge in [-0.15, -0.1) is 23.1 Å². The molecule has 2 heterocycles. The Hall–Kier alpha value is -0.510. The largest absolute Gasteiger partial charge is 0.396 e. The first-order valence-corrected chi connectivity index (χ1v) is 8.16. The first kappa shape index (κ1) is 12.0. The van der Waals surface area contributed by atoms with Crippen molar-refractivity contribution in [3.05, 3.63) is 4.88 Å². The van der Waals surface area contributed by atoms with E-state index in [2.05, 4.69) is 11.0 Å². The van der Waals surface area contributed by atoms with Gasteiger partial charge in [-0.25, -0.2) is 0 Å². The van der Waals surface area contributed by atoms with Crippen LogP contribution in [0, 0.1) is 11.3 Å². The topological polar surface area (TPSA) is 53.0 Å². The third-order valence-corrected chi connectivity index (χ3v) is 5.55. The number of anilines is 2. The number of rotatable bonds is 2. The van der Waals surface area contributed by atoms with Gasteiger partial charge in [0.05, 0.1) is 10.6 Å². The van der Waals surface area contributed by atoms with Crippen molar-refractivity contribution < 1.29 is 0 Å². The molecule has 1 aromatic heterocycles.